The Morgan fingerprint density at radius 3 is 2.85 bits per heavy atom. The van der Waals surface area contributed by atoms with Gasteiger partial charge in [0.15, 0.2) is 5.65 Å². The van der Waals surface area contributed by atoms with Gasteiger partial charge in [0.25, 0.3) is 0 Å². The van der Waals surface area contributed by atoms with Crippen molar-refractivity contribution >= 4 is 34.5 Å². The number of nitrogens with zero attached hydrogens (tertiary/aromatic N) is 4. The van der Waals surface area contributed by atoms with Crippen molar-refractivity contribution in [1.82, 2.24) is 19.7 Å². The smallest absolute Gasteiger partial charge is 0.410 e. The van der Waals surface area contributed by atoms with E-state index in [4.69, 9.17) is 16.7 Å². The number of rotatable bonds is 4. The number of aliphatic hydroxyl groups is 1. The number of carbonyl (C=O) groups is 1. The van der Waals surface area contributed by atoms with Crippen LogP contribution in [0.2, 0.25) is 5.02 Å². The molecule has 1 saturated carbocycles. The van der Waals surface area contributed by atoms with Crippen molar-refractivity contribution in [1.29, 1.82) is 0 Å². The molecule has 2 heterocycles. The van der Waals surface area contributed by atoms with Gasteiger partial charge in [0, 0.05) is 11.4 Å². The number of amides is 1. The molecule has 8 nitrogen and oxygen atoms in total. The average Bonchev–Trinajstić information content (AvgIpc) is 2.91. The molecule has 9 heteroatoms. The van der Waals surface area contributed by atoms with Gasteiger partial charge < -0.3 is 10.2 Å². The summed E-state index contributed by atoms with van der Waals surface area (Å²) < 4.78 is 1.76. The third kappa shape index (κ3) is 3.09. The van der Waals surface area contributed by atoms with Gasteiger partial charge in [0.2, 0.25) is 0 Å². The molecule has 26 heavy (non-hydrogen) atoms. The molecule has 1 aliphatic rings. The standard InChI is InChI=1S/C17H16ClN5O3/c18-10-3-1-2-9(4-10)5-13-14-15(21-17(25)26)19-8-20-16(14)23(22-13)11-6-12(24)7-11/h1-4,8,11-12,24H,5-7H2,(H,25,26)(H,19,20,21)/t11-,12-. The highest BCUT2D eigenvalue weighted by molar-refractivity contribution is 6.30. The minimum Gasteiger partial charge on any atom is -0.465 e. The molecule has 0 bridgehead atoms. The van der Waals surface area contributed by atoms with Crippen LogP contribution in [0.1, 0.15) is 30.1 Å². The Balaban J connectivity index is 1.82. The number of anilines is 1. The molecule has 1 aromatic carbocycles. The first-order chi connectivity index (χ1) is 12.5. The number of halogens is 1. The maximum Gasteiger partial charge on any atom is 0.410 e. The van der Waals surface area contributed by atoms with Crippen molar-refractivity contribution in [2.45, 2.75) is 31.4 Å². The lowest BCUT2D eigenvalue weighted by Gasteiger charge is -2.31. The molecule has 1 aliphatic carbocycles. The zero-order valence-electron chi connectivity index (χ0n) is 13.6. The van der Waals surface area contributed by atoms with E-state index in [-0.39, 0.29) is 18.0 Å². The lowest BCUT2D eigenvalue weighted by atomic mass is 9.90. The maximum atomic E-state index is 11.1. The summed E-state index contributed by atoms with van der Waals surface area (Å²) in [5.41, 5.74) is 2.16. The molecular formula is C17H16ClN5O3. The third-order valence-electron chi connectivity index (χ3n) is 4.48. The Morgan fingerprint density at radius 1 is 1.35 bits per heavy atom. The number of aromatic nitrogens is 4. The Labute approximate surface area is 153 Å². The summed E-state index contributed by atoms with van der Waals surface area (Å²) in [7, 11) is 0. The normalized spacial score (nSPS) is 19.3. The zero-order valence-corrected chi connectivity index (χ0v) is 14.4. The lowest BCUT2D eigenvalue weighted by molar-refractivity contribution is 0.0449. The van der Waals surface area contributed by atoms with E-state index in [9.17, 15) is 9.90 Å². The van der Waals surface area contributed by atoms with Crippen LogP contribution in [0.3, 0.4) is 0 Å². The van der Waals surface area contributed by atoms with E-state index >= 15 is 0 Å². The molecule has 134 valence electrons. The van der Waals surface area contributed by atoms with E-state index in [1.165, 1.54) is 6.33 Å². The maximum absolute atomic E-state index is 11.1. The molecule has 1 amide bonds. The van der Waals surface area contributed by atoms with Crippen LogP contribution in [0.4, 0.5) is 10.6 Å². The molecule has 0 atom stereocenters. The molecule has 0 radical (unpaired) electrons. The lowest BCUT2D eigenvalue weighted by Crippen LogP contribution is -2.31. The van der Waals surface area contributed by atoms with Gasteiger partial charge >= 0.3 is 6.09 Å². The Morgan fingerprint density at radius 2 is 2.15 bits per heavy atom. The molecular weight excluding hydrogens is 358 g/mol. The molecule has 0 spiro atoms. The van der Waals surface area contributed by atoms with Gasteiger partial charge in [-0.05, 0) is 30.5 Å². The van der Waals surface area contributed by atoms with Crippen molar-refractivity contribution < 1.29 is 15.0 Å². The summed E-state index contributed by atoms with van der Waals surface area (Å²) in [6.45, 7) is 0. The van der Waals surface area contributed by atoms with Gasteiger partial charge in [0.1, 0.15) is 12.1 Å². The second-order valence-electron chi connectivity index (χ2n) is 6.33. The minimum atomic E-state index is -1.20. The second-order valence-corrected chi connectivity index (χ2v) is 6.76. The summed E-state index contributed by atoms with van der Waals surface area (Å²) in [6, 6.07) is 7.45. The summed E-state index contributed by atoms with van der Waals surface area (Å²) in [5.74, 6) is 0.200. The number of carboxylic acid groups (broad SMARTS) is 1. The van der Waals surface area contributed by atoms with Gasteiger partial charge in [-0.15, -0.1) is 0 Å². The largest absolute Gasteiger partial charge is 0.465 e. The monoisotopic (exact) mass is 373 g/mol. The first-order valence-corrected chi connectivity index (χ1v) is 8.53. The van der Waals surface area contributed by atoms with E-state index in [2.05, 4.69) is 20.4 Å². The number of benzene rings is 1. The Hall–Kier alpha value is -2.71. The topological polar surface area (TPSA) is 113 Å². The molecule has 0 saturated heterocycles. The van der Waals surface area contributed by atoms with E-state index in [0.717, 1.165) is 5.56 Å². The SMILES string of the molecule is O=C(O)Nc1ncnc2c1c(Cc1cccc(Cl)c1)nn2[C@H]1C[C@H](O)C1. The molecule has 0 aliphatic heterocycles. The summed E-state index contributed by atoms with van der Waals surface area (Å²) in [6.07, 6.45) is 1.42. The highest BCUT2D eigenvalue weighted by Gasteiger charge is 2.32. The van der Waals surface area contributed by atoms with Crippen LogP contribution < -0.4 is 5.32 Å². The molecule has 2 aromatic heterocycles. The van der Waals surface area contributed by atoms with Gasteiger partial charge in [-0.3, -0.25) is 5.32 Å². The van der Waals surface area contributed by atoms with E-state index < -0.39 is 6.09 Å². The first-order valence-electron chi connectivity index (χ1n) is 8.16. The Kier molecular flexibility index (Phi) is 4.21. The molecule has 1 fully saturated rings. The van der Waals surface area contributed by atoms with E-state index in [0.29, 0.717) is 41.0 Å². The first kappa shape index (κ1) is 16.7. The number of hydrogen-bond donors (Lipinski definition) is 3. The highest BCUT2D eigenvalue weighted by Crippen LogP contribution is 2.36. The minimum absolute atomic E-state index is 0.0354. The van der Waals surface area contributed by atoms with E-state index in [1.54, 1.807) is 10.7 Å². The third-order valence-corrected chi connectivity index (χ3v) is 4.72. The summed E-state index contributed by atoms with van der Waals surface area (Å²) in [4.78, 5) is 19.5. The fraction of sp³-hybridized carbons (Fsp3) is 0.294. The van der Waals surface area contributed by atoms with Crippen molar-refractivity contribution in [3.8, 4) is 0 Å². The predicted octanol–water partition coefficient (Wildman–Crippen LogP) is 2.86. The van der Waals surface area contributed by atoms with Gasteiger partial charge in [-0.2, -0.15) is 5.10 Å². The van der Waals surface area contributed by atoms with Crippen LogP contribution in [0, 0.1) is 0 Å². The van der Waals surface area contributed by atoms with Crippen molar-refractivity contribution in [3.05, 3.63) is 46.9 Å². The van der Waals surface area contributed by atoms with E-state index in [1.807, 2.05) is 18.2 Å². The van der Waals surface area contributed by atoms with Crippen molar-refractivity contribution in [3.63, 3.8) is 0 Å². The zero-order chi connectivity index (χ0) is 18.3. The number of aliphatic hydroxyl groups excluding tert-OH is 1. The average molecular weight is 374 g/mol. The fourth-order valence-corrected chi connectivity index (χ4v) is 3.43. The second kappa shape index (κ2) is 6.54. The summed E-state index contributed by atoms with van der Waals surface area (Å²) in [5, 5.41) is 26.9. The van der Waals surface area contributed by atoms with Crippen LogP contribution in [0.15, 0.2) is 30.6 Å². The summed E-state index contributed by atoms with van der Waals surface area (Å²) >= 11 is 6.06. The number of fused-ring (bicyclic) bond motifs is 1. The van der Waals surface area contributed by atoms with Gasteiger partial charge in [-0.1, -0.05) is 23.7 Å². The van der Waals surface area contributed by atoms with Crippen molar-refractivity contribution in [2.75, 3.05) is 5.32 Å². The van der Waals surface area contributed by atoms with Gasteiger partial charge in [0.05, 0.1) is 23.2 Å². The predicted molar refractivity (Wildman–Crippen MR) is 95.5 cm³/mol. The number of nitrogens with one attached hydrogen (secondary N) is 1. The van der Waals surface area contributed by atoms with Crippen LogP contribution in [-0.4, -0.2) is 42.2 Å². The van der Waals surface area contributed by atoms with Crippen molar-refractivity contribution in [2.24, 2.45) is 0 Å². The molecule has 3 N–H and O–H groups in total. The fourth-order valence-electron chi connectivity index (χ4n) is 3.22. The van der Waals surface area contributed by atoms with Crippen LogP contribution in [-0.2, 0) is 6.42 Å². The van der Waals surface area contributed by atoms with Crippen LogP contribution in [0.25, 0.3) is 11.0 Å². The quantitative estimate of drug-likeness (QED) is 0.648. The highest BCUT2D eigenvalue weighted by atomic mass is 35.5. The molecule has 4 rings (SSSR count). The van der Waals surface area contributed by atoms with Crippen LogP contribution in [0.5, 0.6) is 0 Å². The molecule has 3 aromatic rings. The number of hydrogen-bond acceptors (Lipinski definition) is 5. The van der Waals surface area contributed by atoms with Gasteiger partial charge in [-0.25, -0.2) is 19.4 Å². The molecule has 0 unspecified atom stereocenters. The Bertz CT molecular complexity index is 984. The van der Waals surface area contributed by atoms with Crippen LogP contribution >= 0.6 is 11.6 Å².